The SMILES string of the molecule is CC(=O)N(N)C(=O)C1=CC(C)=CCC1. The molecule has 1 rings (SSSR count). The summed E-state index contributed by atoms with van der Waals surface area (Å²) in [6, 6.07) is 0. The summed E-state index contributed by atoms with van der Waals surface area (Å²) in [4.78, 5) is 22.4. The number of nitrogens with two attached hydrogens (primary N) is 1. The van der Waals surface area contributed by atoms with Gasteiger partial charge in [-0.25, -0.2) is 10.9 Å². The van der Waals surface area contributed by atoms with Gasteiger partial charge in [0.25, 0.3) is 5.91 Å². The van der Waals surface area contributed by atoms with Gasteiger partial charge < -0.3 is 0 Å². The topological polar surface area (TPSA) is 63.4 Å². The van der Waals surface area contributed by atoms with Crippen molar-refractivity contribution in [3.8, 4) is 0 Å². The van der Waals surface area contributed by atoms with Crippen molar-refractivity contribution in [3.63, 3.8) is 0 Å². The number of hydrazine groups is 1. The van der Waals surface area contributed by atoms with Gasteiger partial charge in [-0.1, -0.05) is 17.7 Å². The van der Waals surface area contributed by atoms with E-state index in [0.717, 1.165) is 12.0 Å². The highest BCUT2D eigenvalue weighted by atomic mass is 16.2. The quantitative estimate of drug-likeness (QED) is 0.383. The van der Waals surface area contributed by atoms with Crippen molar-refractivity contribution in [1.82, 2.24) is 5.01 Å². The molecule has 2 N–H and O–H groups in total. The van der Waals surface area contributed by atoms with Crippen LogP contribution < -0.4 is 5.84 Å². The van der Waals surface area contributed by atoms with Gasteiger partial charge in [-0.2, -0.15) is 0 Å². The van der Waals surface area contributed by atoms with Crippen molar-refractivity contribution in [2.24, 2.45) is 5.84 Å². The molecule has 0 aromatic heterocycles. The highest BCUT2D eigenvalue weighted by molar-refractivity contribution is 6.03. The molecule has 0 unspecified atom stereocenters. The van der Waals surface area contributed by atoms with Gasteiger partial charge in [0.15, 0.2) is 0 Å². The Morgan fingerprint density at radius 1 is 1.50 bits per heavy atom. The Kier molecular flexibility index (Phi) is 3.19. The van der Waals surface area contributed by atoms with Crippen molar-refractivity contribution >= 4 is 11.8 Å². The maximum absolute atomic E-state index is 11.6. The smallest absolute Gasteiger partial charge is 0.270 e. The van der Waals surface area contributed by atoms with Crippen molar-refractivity contribution in [1.29, 1.82) is 0 Å². The van der Waals surface area contributed by atoms with Crippen LogP contribution in [0, 0.1) is 0 Å². The van der Waals surface area contributed by atoms with Crippen LogP contribution in [-0.2, 0) is 9.59 Å². The minimum absolute atomic E-state index is 0.398. The zero-order valence-electron chi connectivity index (χ0n) is 8.41. The van der Waals surface area contributed by atoms with Gasteiger partial charge >= 0.3 is 0 Å². The first-order valence-electron chi connectivity index (χ1n) is 4.49. The summed E-state index contributed by atoms with van der Waals surface area (Å²) in [7, 11) is 0. The van der Waals surface area contributed by atoms with E-state index in [2.05, 4.69) is 0 Å². The lowest BCUT2D eigenvalue weighted by Crippen LogP contribution is -2.42. The number of imide groups is 1. The van der Waals surface area contributed by atoms with Gasteiger partial charge in [0.05, 0.1) is 0 Å². The molecule has 0 aromatic carbocycles. The van der Waals surface area contributed by atoms with Crippen molar-refractivity contribution in [2.45, 2.75) is 26.7 Å². The van der Waals surface area contributed by atoms with Crippen LogP contribution in [0.15, 0.2) is 23.3 Å². The second-order valence-electron chi connectivity index (χ2n) is 3.35. The normalized spacial score (nSPS) is 15.6. The van der Waals surface area contributed by atoms with Crippen LogP contribution in [-0.4, -0.2) is 16.8 Å². The fourth-order valence-corrected chi connectivity index (χ4v) is 1.33. The van der Waals surface area contributed by atoms with E-state index in [4.69, 9.17) is 5.84 Å². The first kappa shape index (κ1) is 10.7. The van der Waals surface area contributed by atoms with E-state index in [-0.39, 0.29) is 0 Å². The number of hydrogen-bond donors (Lipinski definition) is 1. The Morgan fingerprint density at radius 2 is 2.14 bits per heavy atom. The van der Waals surface area contributed by atoms with Gasteiger partial charge in [-0.3, -0.25) is 9.59 Å². The maximum atomic E-state index is 11.6. The minimum Gasteiger partial charge on any atom is -0.273 e. The average Bonchev–Trinajstić information content (AvgIpc) is 2.15. The monoisotopic (exact) mass is 194 g/mol. The molecule has 1 aliphatic rings. The van der Waals surface area contributed by atoms with Crippen LogP contribution in [0.5, 0.6) is 0 Å². The van der Waals surface area contributed by atoms with Gasteiger partial charge in [0.1, 0.15) is 0 Å². The van der Waals surface area contributed by atoms with E-state index >= 15 is 0 Å². The van der Waals surface area contributed by atoms with E-state index < -0.39 is 11.8 Å². The van der Waals surface area contributed by atoms with Crippen molar-refractivity contribution in [3.05, 3.63) is 23.3 Å². The fourth-order valence-electron chi connectivity index (χ4n) is 1.33. The van der Waals surface area contributed by atoms with Gasteiger partial charge in [-0.05, 0) is 19.8 Å². The molecule has 0 saturated carbocycles. The Hall–Kier alpha value is -1.42. The third kappa shape index (κ3) is 2.29. The molecule has 76 valence electrons. The second-order valence-corrected chi connectivity index (χ2v) is 3.35. The Bertz CT molecular complexity index is 329. The molecule has 0 heterocycles. The molecule has 0 spiro atoms. The van der Waals surface area contributed by atoms with Gasteiger partial charge in [0, 0.05) is 12.5 Å². The predicted molar refractivity (Wildman–Crippen MR) is 52.8 cm³/mol. The molecule has 2 amide bonds. The Labute approximate surface area is 83.0 Å². The largest absolute Gasteiger partial charge is 0.273 e. The Morgan fingerprint density at radius 3 is 2.64 bits per heavy atom. The number of nitrogens with zero attached hydrogens (tertiary/aromatic N) is 1. The third-order valence-corrected chi connectivity index (χ3v) is 2.11. The summed E-state index contributed by atoms with van der Waals surface area (Å²) >= 11 is 0. The molecule has 0 aliphatic heterocycles. The summed E-state index contributed by atoms with van der Waals surface area (Å²) in [5.41, 5.74) is 1.64. The first-order chi connectivity index (χ1) is 6.52. The summed E-state index contributed by atoms with van der Waals surface area (Å²) in [6.45, 7) is 3.19. The molecule has 0 fully saturated rings. The zero-order valence-corrected chi connectivity index (χ0v) is 8.41. The Balaban J connectivity index is 2.80. The number of carbonyl (C=O) groups excluding carboxylic acids is 2. The molecule has 4 nitrogen and oxygen atoms in total. The number of amides is 2. The molecule has 0 saturated heterocycles. The third-order valence-electron chi connectivity index (χ3n) is 2.11. The molecule has 0 atom stereocenters. The van der Waals surface area contributed by atoms with Crippen LogP contribution in [0.25, 0.3) is 0 Å². The number of hydrogen-bond acceptors (Lipinski definition) is 3. The molecule has 0 aromatic rings. The minimum atomic E-state index is -0.442. The van der Waals surface area contributed by atoms with E-state index in [1.165, 1.54) is 6.92 Å². The first-order valence-corrected chi connectivity index (χ1v) is 4.49. The molecular formula is C10H14N2O2. The van der Waals surface area contributed by atoms with Crippen molar-refractivity contribution < 1.29 is 9.59 Å². The average molecular weight is 194 g/mol. The summed E-state index contributed by atoms with van der Waals surface area (Å²) in [5.74, 6) is 4.47. The van der Waals surface area contributed by atoms with Crippen LogP contribution in [0.3, 0.4) is 0 Å². The standard InChI is InChI=1S/C10H14N2O2/c1-7-4-3-5-9(6-7)10(14)12(11)8(2)13/h4,6H,3,5,11H2,1-2H3. The summed E-state index contributed by atoms with van der Waals surface area (Å²) in [6.07, 6.45) is 5.30. The molecule has 14 heavy (non-hydrogen) atoms. The van der Waals surface area contributed by atoms with Crippen LogP contribution in [0.4, 0.5) is 0 Å². The van der Waals surface area contributed by atoms with Crippen molar-refractivity contribution in [2.75, 3.05) is 0 Å². The number of carbonyl (C=O) groups is 2. The van der Waals surface area contributed by atoms with Crippen LogP contribution in [0.2, 0.25) is 0 Å². The molecule has 4 heteroatoms. The predicted octanol–water partition coefficient (Wildman–Crippen LogP) is 0.902. The van der Waals surface area contributed by atoms with Gasteiger partial charge in [-0.15, -0.1) is 0 Å². The lowest BCUT2D eigenvalue weighted by molar-refractivity contribution is -0.141. The van der Waals surface area contributed by atoms with E-state index in [1.807, 2.05) is 13.0 Å². The highest BCUT2D eigenvalue weighted by Gasteiger charge is 2.19. The van der Waals surface area contributed by atoms with E-state index in [9.17, 15) is 9.59 Å². The zero-order chi connectivity index (χ0) is 10.7. The fraction of sp³-hybridized carbons (Fsp3) is 0.400. The lowest BCUT2D eigenvalue weighted by Gasteiger charge is -2.16. The molecule has 0 radical (unpaired) electrons. The number of allylic oxidation sites excluding steroid dienone is 3. The van der Waals surface area contributed by atoms with Gasteiger partial charge in [0.2, 0.25) is 5.91 Å². The van der Waals surface area contributed by atoms with Crippen LogP contribution in [0.1, 0.15) is 26.7 Å². The highest BCUT2D eigenvalue weighted by Crippen LogP contribution is 2.18. The molecule has 1 aliphatic carbocycles. The summed E-state index contributed by atoms with van der Waals surface area (Å²) < 4.78 is 0. The second kappa shape index (κ2) is 4.19. The van der Waals surface area contributed by atoms with E-state index in [1.54, 1.807) is 6.08 Å². The van der Waals surface area contributed by atoms with E-state index in [0.29, 0.717) is 17.0 Å². The maximum Gasteiger partial charge on any atom is 0.270 e. The lowest BCUT2D eigenvalue weighted by atomic mass is 10.00. The number of rotatable bonds is 1. The summed E-state index contributed by atoms with van der Waals surface area (Å²) in [5, 5.41) is 0.657. The molecular weight excluding hydrogens is 180 g/mol. The molecule has 0 bridgehead atoms. The van der Waals surface area contributed by atoms with Crippen LogP contribution >= 0.6 is 0 Å².